The van der Waals surface area contributed by atoms with E-state index in [0.29, 0.717) is 24.0 Å². The molecule has 2 heterocycles. The van der Waals surface area contributed by atoms with Gasteiger partial charge >= 0.3 is 0 Å². The molecule has 0 bridgehead atoms. The molecule has 1 amide bonds. The van der Waals surface area contributed by atoms with Crippen LogP contribution >= 0.6 is 11.6 Å². The number of amides is 1. The molecular weight excluding hydrogens is 421 g/mol. The number of benzene rings is 2. The summed E-state index contributed by atoms with van der Waals surface area (Å²) in [5.74, 6) is -1.09. The van der Waals surface area contributed by atoms with Crippen LogP contribution in [0.5, 0.6) is 5.75 Å². The number of halogens is 2. The van der Waals surface area contributed by atoms with Gasteiger partial charge in [-0.2, -0.15) is 0 Å². The first-order chi connectivity index (χ1) is 14.9. The number of phenols is 1. The SMILES string of the molecule is O=C1C2=C(OC3CCC(Cl)CC13)C(=O)N(Cc1ccc(F)cc1)C2c1cccc(O)c1. The Morgan fingerprint density at radius 1 is 1.13 bits per heavy atom. The molecule has 4 unspecified atom stereocenters. The predicted molar refractivity (Wildman–Crippen MR) is 112 cm³/mol. The largest absolute Gasteiger partial charge is 0.508 e. The third-order valence-corrected chi connectivity index (χ3v) is 6.73. The molecule has 1 fully saturated rings. The third-order valence-electron chi connectivity index (χ3n) is 6.33. The highest BCUT2D eigenvalue weighted by atomic mass is 35.5. The monoisotopic (exact) mass is 441 g/mol. The third kappa shape index (κ3) is 3.49. The van der Waals surface area contributed by atoms with Gasteiger partial charge in [-0.1, -0.05) is 24.3 Å². The smallest absolute Gasteiger partial charge is 0.290 e. The molecule has 31 heavy (non-hydrogen) atoms. The number of ether oxygens (including phenoxy) is 1. The number of hydrogen-bond acceptors (Lipinski definition) is 4. The van der Waals surface area contributed by atoms with Crippen LogP contribution in [0.15, 0.2) is 59.9 Å². The van der Waals surface area contributed by atoms with Gasteiger partial charge in [0.1, 0.15) is 17.7 Å². The van der Waals surface area contributed by atoms with E-state index in [1.165, 1.54) is 18.2 Å². The minimum Gasteiger partial charge on any atom is -0.508 e. The number of carbonyl (C=O) groups is 2. The average Bonchev–Trinajstić information content (AvgIpc) is 3.02. The van der Waals surface area contributed by atoms with Crippen molar-refractivity contribution in [1.82, 2.24) is 4.90 Å². The van der Waals surface area contributed by atoms with E-state index in [0.717, 1.165) is 12.0 Å². The Morgan fingerprint density at radius 3 is 2.65 bits per heavy atom. The molecule has 1 aliphatic carbocycles. The fourth-order valence-corrected chi connectivity index (χ4v) is 5.17. The molecule has 0 radical (unpaired) electrons. The van der Waals surface area contributed by atoms with Gasteiger partial charge in [0.15, 0.2) is 11.5 Å². The van der Waals surface area contributed by atoms with Gasteiger partial charge in [-0.25, -0.2) is 4.39 Å². The van der Waals surface area contributed by atoms with Crippen LogP contribution < -0.4 is 0 Å². The van der Waals surface area contributed by atoms with Crippen LogP contribution in [-0.2, 0) is 20.9 Å². The van der Waals surface area contributed by atoms with Gasteiger partial charge in [0.2, 0.25) is 0 Å². The van der Waals surface area contributed by atoms with Gasteiger partial charge in [-0.15, -0.1) is 11.6 Å². The number of aromatic hydroxyl groups is 1. The maximum atomic E-state index is 13.6. The van der Waals surface area contributed by atoms with Crippen LogP contribution in [0.2, 0.25) is 0 Å². The predicted octanol–water partition coefficient (Wildman–Crippen LogP) is 4.24. The molecule has 7 heteroatoms. The number of alkyl halides is 1. The molecule has 5 rings (SSSR count). The summed E-state index contributed by atoms with van der Waals surface area (Å²) in [4.78, 5) is 28.5. The van der Waals surface area contributed by atoms with E-state index < -0.39 is 6.04 Å². The summed E-state index contributed by atoms with van der Waals surface area (Å²) in [5, 5.41) is 9.94. The highest BCUT2D eigenvalue weighted by Crippen LogP contribution is 2.48. The van der Waals surface area contributed by atoms with Crippen LogP contribution in [0.1, 0.15) is 36.4 Å². The number of nitrogens with zero attached hydrogens (tertiary/aromatic N) is 1. The summed E-state index contributed by atoms with van der Waals surface area (Å²) < 4.78 is 19.5. The molecule has 0 aromatic heterocycles. The van der Waals surface area contributed by atoms with E-state index in [4.69, 9.17) is 16.3 Å². The highest BCUT2D eigenvalue weighted by Gasteiger charge is 2.52. The Bertz CT molecular complexity index is 1080. The van der Waals surface area contributed by atoms with Crippen molar-refractivity contribution in [2.45, 2.75) is 43.3 Å². The second-order valence-corrected chi connectivity index (χ2v) is 8.95. The van der Waals surface area contributed by atoms with E-state index >= 15 is 0 Å². The summed E-state index contributed by atoms with van der Waals surface area (Å²) in [6.07, 6.45) is 1.53. The molecule has 3 aliphatic rings. The number of phenolic OH excluding ortho intramolecular Hbond substituents is 1. The van der Waals surface area contributed by atoms with E-state index in [1.807, 2.05) is 0 Å². The van der Waals surface area contributed by atoms with Crippen LogP contribution in [0, 0.1) is 11.7 Å². The first-order valence-corrected chi connectivity index (χ1v) is 10.8. The van der Waals surface area contributed by atoms with Gasteiger partial charge < -0.3 is 14.7 Å². The molecule has 0 spiro atoms. The lowest BCUT2D eigenvalue weighted by atomic mass is 9.77. The van der Waals surface area contributed by atoms with Gasteiger partial charge in [0.05, 0.1) is 17.5 Å². The molecular formula is C24H21ClFNO4. The number of Topliss-reactive ketones (excluding diaryl/α,β-unsaturated/α-hetero) is 1. The summed E-state index contributed by atoms with van der Waals surface area (Å²) in [6.45, 7) is 0.177. The number of ketones is 1. The second kappa shape index (κ2) is 7.68. The molecule has 2 aliphatic heterocycles. The van der Waals surface area contributed by atoms with Gasteiger partial charge in [-0.05, 0) is 54.7 Å². The van der Waals surface area contributed by atoms with Crippen LogP contribution in [0.3, 0.4) is 0 Å². The lowest BCUT2D eigenvalue weighted by Gasteiger charge is -2.37. The van der Waals surface area contributed by atoms with E-state index in [-0.39, 0.29) is 53.0 Å². The maximum absolute atomic E-state index is 13.6. The Labute approximate surface area is 184 Å². The normalized spacial score (nSPS) is 27.7. The van der Waals surface area contributed by atoms with Gasteiger partial charge in [0.25, 0.3) is 5.91 Å². The van der Waals surface area contributed by atoms with E-state index in [2.05, 4.69) is 0 Å². The molecule has 160 valence electrons. The zero-order chi connectivity index (χ0) is 21.7. The minimum absolute atomic E-state index is 0.0428. The van der Waals surface area contributed by atoms with Crippen molar-refractivity contribution in [3.63, 3.8) is 0 Å². The van der Waals surface area contributed by atoms with Crippen molar-refractivity contribution >= 4 is 23.3 Å². The fraction of sp³-hybridized carbons (Fsp3) is 0.333. The quantitative estimate of drug-likeness (QED) is 0.723. The Morgan fingerprint density at radius 2 is 1.90 bits per heavy atom. The van der Waals surface area contributed by atoms with Crippen LogP contribution in [-0.4, -0.2) is 33.2 Å². The summed E-state index contributed by atoms with van der Waals surface area (Å²) >= 11 is 6.33. The summed E-state index contributed by atoms with van der Waals surface area (Å²) in [5.41, 5.74) is 1.67. The molecule has 5 nitrogen and oxygen atoms in total. The van der Waals surface area contributed by atoms with Crippen molar-refractivity contribution in [1.29, 1.82) is 0 Å². The molecule has 1 N–H and O–H groups in total. The number of hydrogen-bond donors (Lipinski definition) is 1. The molecule has 0 saturated heterocycles. The van der Waals surface area contributed by atoms with Crippen molar-refractivity contribution in [2.24, 2.45) is 5.92 Å². The number of rotatable bonds is 3. The molecule has 4 atom stereocenters. The average molecular weight is 442 g/mol. The zero-order valence-corrected chi connectivity index (χ0v) is 17.4. The first-order valence-electron chi connectivity index (χ1n) is 10.4. The van der Waals surface area contributed by atoms with Crippen LogP contribution in [0.25, 0.3) is 0 Å². The van der Waals surface area contributed by atoms with Crippen molar-refractivity contribution in [3.05, 3.63) is 76.8 Å². The number of carbonyl (C=O) groups excluding carboxylic acids is 2. The topological polar surface area (TPSA) is 66.8 Å². The first kappa shape index (κ1) is 20.1. The second-order valence-electron chi connectivity index (χ2n) is 8.34. The zero-order valence-electron chi connectivity index (χ0n) is 16.6. The Hall–Kier alpha value is -2.86. The molecule has 2 aromatic carbocycles. The molecule has 1 saturated carbocycles. The summed E-state index contributed by atoms with van der Waals surface area (Å²) in [7, 11) is 0. The van der Waals surface area contributed by atoms with Gasteiger partial charge in [-0.3, -0.25) is 9.59 Å². The standard InChI is InChI=1S/C24H21ClFNO4/c25-15-6-9-19-18(11-15)22(29)20-21(14-2-1-3-17(28)10-14)27(24(30)23(20)31-19)12-13-4-7-16(26)8-5-13/h1-5,7-8,10,15,18-19,21,28H,6,9,11-12H2. The van der Waals surface area contributed by atoms with E-state index in [9.17, 15) is 19.1 Å². The lowest BCUT2D eigenvalue weighted by molar-refractivity contribution is -0.135. The maximum Gasteiger partial charge on any atom is 0.290 e. The fourth-order valence-electron chi connectivity index (χ4n) is 4.85. The Balaban J connectivity index is 1.57. The van der Waals surface area contributed by atoms with Gasteiger partial charge in [0, 0.05) is 11.9 Å². The van der Waals surface area contributed by atoms with Crippen molar-refractivity contribution in [3.8, 4) is 5.75 Å². The highest BCUT2D eigenvalue weighted by molar-refractivity contribution is 6.21. The van der Waals surface area contributed by atoms with Crippen molar-refractivity contribution in [2.75, 3.05) is 0 Å². The Kier molecular flexibility index (Phi) is 4.97. The lowest BCUT2D eigenvalue weighted by Crippen LogP contribution is -2.41. The van der Waals surface area contributed by atoms with E-state index in [1.54, 1.807) is 35.2 Å². The van der Waals surface area contributed by atoms with Crippen LogP contribution in [0.4, 0.5) is 4.39 Å². The van der Waals surface area contributed by atoms with Crippen molar-refractivity contribution < 1.29 is 23.8 Å². The molecule has 2 aromatic rings. The minimum atomic E-state index is -0.691. The summed E-state index contributed by atoms with van der Waals surface area (Å²) in [6, 6.07) is 11.7. The number of fused-ring (bicyclic) bond motifs is 1.